The van der Waals surface area contributed by atoms with Crippen LogP contribution in [0.2, 0.25) is 0 Å². The van der Waals surface area contributed by atoms with Crippen LogP contribution < -0.4 is 15.4 Å². The van der Waals surface area contributed by atoms with Gasteiger partial charge in [-0.2, -0.15) is 4.98 Å². The van der Waals surface area contributed by atoms with Crippen molar-refractivity contribution < 1.29 is 9.47 Å². The Labute approximate surface area is 127 Å². The highest BCUT2D eigenvalue weighted by Crippen LogP contribution is 2.27. The molecule has 21 heavy (non-hydrogen) atoms. The van der Waals surface area contributed by atoms with E-state index in [2.05, 4.69) is 16.8 Å². The molecule has 1 unspecified atom stereocenters. The second-order valence-electron chi connectivity index (χ2n) is 6.45. The van der Waals surface area contributed by atoms with E-state index in [0.717, 1.165) is 38.4 Å². The fourth-order valence-corrected chi connectivity index (χ4v) is 2.41. The van der Waals surface area contributed by atoms with E-state index in [-0.39, 0.29) is 5.60 Å². The zero-order valence-corrected chi connectivity index (χ0v) is 13.6. The number of aromatic nitrogens is 1. The van der Waals surface area contributed by atoms with Gasteiger partial charge in [-0.1, -0.05) is 0 Å². The summed E-state index contributed by atoms with van der Waals surface area (Å²) >= 11 is 0. The average molecular weight is 293 g/mol. The normalized spacial score (nSPS) is 18.8. The molecule has 118 valence electrons. The van der Waals surface area contributed by atoms with Gasteiger partial charge in [-0.25, -0.2) is 0 Å². The molecule has 0 amide bonds. The number of rotatable bonds is 5. The van der Waals surface area contributed by atoms with Gasteiger partial charge in [-0.3, -0.25) is 0 Å². The second-order valence-corrected chi connectivity index (χ2v) is 6.45. The first-order valence-corrected chi connectivity index (χ1v) is 7.71. The number of hydrogen-bond donors (Lipinski definition) is 1. The molecular weight excluding hydrogens is 266 g/mol. The van der Waals surface area contributed by atoms with Crippen molar-refractivity contribution >= 4 is 11.5 Å². The Hall–Kier alpha value is -1.49. The van der Waals surface area contributed by atoms with Crippen molar-refractivity contribution in [1.82, 2.24) is 4.98 Å². The van der Waals surface area contributed by atoms with Crippen molar-refractivity contribution in [3.8, 4) is 5.88 Å². The lowest BCUT2D eigenvalue weighted by Gasteiger charge is -2.27. The van der Waals surface area contributed by atoms with Gasteiger partial charge >= 0.3 is 0 Å². The molecule has 5 heteroatoms. The Morgan fingerprint density at radius 3 is 2.76 bits per heavy atom. The topological polar surface area (TPSA) is 60.6 Å². The van der Waals surface area contributed by atoms with E-state index in [1.165, 1.54) is 0 Å². The minimum atomic E-state index is -0.314. The molecule has 0 spiro atoms. The second kappa shape index (κ2) is 6.52. The van der Waals surface area contributed by atoms with Crippen LogP contribution in [0.1, 0.15) is 40.5 Å². The number of nitrogens with zero attached hydrogens (tertiary/aromatic N) is 2. The van der Waals surface area contributed by atoms with Crippen LogP contribution in [0.3, 0.4) is 0 Å². The smallest absolute Gasteiger partial charge is 0.239 e. The van der Waals surface area contributed by atoms with Gasteiger partial charge in [0.1, 0.15) is 11.4 Å². The highest BCUT2D eigenvalue weighted by atomic mass is 16.5. The summed E-state index contributed by atoms with van der Waals surface area (Å²) in [4.78, 5) is 6.81. The minimum Gasteiger partial charge on any atom is -0.470 e. The molecule has 2 rings (SSSR count). The van der Waals surface area contributed by atoms with E-state index in [4.69, 9.17) is 15.2 Å². The maximum absolute atomic E-state index is 5.97. The quantitative estimate of drug-likeness (QED) is 0.904. The number of ether oxygens (including phenoxy) is 2. The molecule has 1 atom stereocenters. The third kappa shape index (κ3) is 4.49. The Morgan fingerprint density at radius 1 is 1.43 bits per heavy atom. The van der Waals surface area contributed by atoms with Gasteiger partial charge in [0.05, 0.1) is 11.8 Å². The monoisotopic (exact) mass is 293 g/mol. The molecule has 1 fully saturated rings. The number of anilines is 2. The van der Waals surface area contributed by atoms with Crippen LogP contribution in [0.15, 0.2) is 12.1 Å². The summed E-state index contributed by atoms with van der Waals surface area (Å²) in [6.45, 7) is 10.7. The van der Waals surface area contributed by atoms with Gasteiger partial charge < -0.3 is 20.1 Å². The first-order chi connectivity index (χ1) is 9.89. The standard InChI is InChI=1S/C16H27N3O2/c1-5-19(11-12-7-6-10-20-12)14-9-8-13(17)15(18-14)21-16(2,3)4/h8-9,12H,5-7,10-11,17H2,1-4H3. The summed E-state index contributed by atoms with van der Waals surface area (Å²) in [6, 6.07) is 3.81. The van der Waals surface area contributed by atoms with Crippen molar-refractivity contribution in [2.24, 2.45) is 0 Å². The van der Waals surface area contributed by atoms with E-state index in [0.29, 0.717) is 17.7 Å². The van der Waals surface area contributed by atoms with E-state index in [9.17, 15) is 0 Å². The highest BCUT2D eigenvalue weighted by molar-refractivity contribution is 5.54. The molecule has 0 saturated carbocycles. The summed E-state index contributed by atoms with van der Waals surface area (Å²) in [6.07, 6.45) is 2.57. The van der Waals surface area contributed by atoms with E-state index < -0.39 is 0 Å². The predicted octanol–water partition coefficient (Wildman–Crippen LogP) is 2.85. The first kappa shape index (κ1) is 15.9. The number of nitrogens with two attached hydrogens (primary N) is 1. The largest absolute Gasteiger partial charge is 0.470 e. The van der Waals surface area contributed by atoms with Crippen molar-refractivity contribution in [2.75, 3.05) is 30.3 Å². The number of nitrogen functional groups attached to an aromatic ring is 1. The maximum atomic E-state index is 5.97. The van der Waals surface area contributed by atoms with Crippen LogP contribution in [0.4, 0.5) is 11.5 Å². The first-order valence-electron chi connectivity index (χ1n) is 7.71. The van der Waals surface area contributed by atoms with Crippen molar-refractivity contribution in [3.63, 3.8) is 0 Å². The molecule has 1 saturated heterocycles. The average Bonchev–Trinajstić information content (AvgIpc) is 2.90. The van der Waals surface area contributed by atoms with Crippen LogP contribution in [0.5, 0.6) is 5.88 Å². The van der Waals surface area contributed by atoms with E-state index in [1.54, 1.807) is 0 Å². The maximum Gasteiger partial charge on any atom is 0.239 e. The summed E-state index contributed by atoms with van der Waals surface area (Å²) in [5.74, 6) is 1.40. The highest BCUT2D eigenvalue weighted by Gasteiger charge is 2.21. The Bertz CT molecular complexity index is 465. The molecule has 5 nitrogen and oxygen atoms in total. The molecule has 1 aromatic rings. The van der Waals surface area contributed by atoms with Gasteiger partial charge in [-0.05, 0) is 52.7 Å². The molecular formula is C16H27N3O2. The molecule has 1 aliphatic heterocycles. The number of likely N-dealkylation sites (N-methyl/N-ethyl adjacent to an activating group) is 1. The SMILES string of the molecule is CCN(CC1CCCO1)c1ccc(N)c(OC(C)(C)C)n1. The van der Waals surface area contributed by atoms with Crippen LogP contribution >= 0.6 is 0 Å². The summed E-state index contributed by atoms with van der Waals surface area (Å²) in [5.41, 5.74) is 6.23. The van der Waals surface area contributed by atoms with Crippen molar-refractivity contribution in [1.29, 1.82) is 0 Å². The summed E-state index contributed by atoms with van der Waals surface area (Å²) in [7, 11) is 0. The minimum absolute atomic E-state index is 0.302. The van der Waals surface area contributed by atoms with Gasteiger partial charge in [-0.15, -0.1) is 0 Å². The molecule has 1 aromatic heterocycles. The lowest BCUT2D eigenvalue weighted by molar-refractivity contribution is 0.115. The zero-order valence-electron chi connectivity index (χ0n) is 13.6. The molecule has 0 bridgehead atoms. The van der Waals surface area contributed by atoms with Gasteiger partial charge in [0, 0.05) is 19.7 Å². The molecule has 0 radical (unpaired) electrons. The predicted molar refractivity (Wildman–Crippen MR) is 85.9 cm³/mol. The fraction of sp³-hybridized carbons (Fsp3) is 0.688. The Morgan fingerprint density at radius 2 is 2.19 bits per heavy atom. The van der Waals surface area contributed by atoms with Gasteiger partial charge in [0.15, 0.2) is 0 Å². The van der Waals surface area contributed by atoms with Crippen molar-refractivity contribution in [2.45, 2.75) is 52.2 Å². The molecule has 2 N–H and O–H groups in total. The third-order valence-corrected chi connectivity index (χ3v) is 3.43. The van der Waals surface area contributed by atoms with Crippen LogP contribution in [0.25, 0.3) is 0 Å². The molecule has 2 heterocycles. The molecule has 0 aliphatic carbocycles. The van der Waals surface area contributed by atoms with Crippen LogP contribution in [-0.4, -0.2) is 36.4 Å². The van der Waals surface area contributed by atoms with Gasteiger partial charge in [0.25, 0.3) is 0 Å². The van der Waals surface area contributed by atoms with E-state index in [1.807, 2.05) is 32.9 Å². The number of hydrogen-bond acceptors (Lipinski definition) is 5. The van der Waals surface area contributed by atoms with E-state index >= 15 is 0 Å². The summed E-state index contributed by atoms with van der Waals surface area (Å²) < 4.78 is 11.6. The van der Waals surface area contributed by atoms with Crippen LogP contribution in [-0.2, 0) is 4.74 Å². The summed E-state index contributed by atoms with van der Waals surface area (Å²) in [5, 5.41) is 0. The Kier molecular flexibility index (Phi) is 4.93. The lowest BCUT2D eigenvalue weighted by atomic mass is 10.2. The van der Waals surface area contributed by atoms with Gasteiger partial charge in [0.2, 0.25) is 5.88 Å². The molecule has 0 aromatic carbocycles. The lowest BCUT2D eigenvalue weighted by Crippen LogP contribution is -2.33. The zero-order chi connectivity index (χ0) is 15.5. The number of pyridine rings is 1. The van der Waals surface area contributed by atoms with Crippen molar-refractivity contribution in [3.05, 3.63) is 12.1 Å². The third-order valence-electron chi connectivity index (χ3n) is 3.43. The fourth-order valence-electron chi connectivity index (χ4n) is 2.41. The molecule has 1 aliphatic rings. The van der Waals surface area contributed by atoms with Crippen LogP contribution in [0, 0.1) is 0 Å². The Balaban J connectivity index is 2.14.